The summed E-state index contributed by atoms with van der Waals surface area (Å²) < 4.78 is 21.8. The van der Waals surface area contributed by atoms with Crippen LogP contribution in [-0.4, -0.2) is 71.8 Å². The molecule has 4 rings (SSSR count). The van der Waals surface area contributed by atoms with Crippen LogP contribution in [0.2, 0.25) is 0 Å². The molecule has 9 nitrogen and oxygen atoms in total. The minimum Gasteiger partial charge on any atom is -0.496 e. The number of Topliss-reactive ketones (excluding diaryl/α,β-unsaturated/α-hetero) is 1. The Labute approximate surface area is 326 Å². The monoisotopic (exact) mass is 746 g/mol. The topological polar surface area (TPSA) is 94.6 Å². The molecule has 0 aliphatic rings. The van der Waals surface area contributed by atoms with E-state index in [2.05, 4.69) is 55.2 Å². The second-order valence-corrected chi connectivity index (χ2v) is 13.2. The fraction of sp³-hybridized carbons (Fsp3) is 0.326. The molecule has 290 valence electrons. The SMILES string of the molecule is CCCCN(CCCC)c1ccc(C=Cc2cc(OC)c(C=Cc3ccc(N(C)CCOC(=O)c4ccc(C(=O)COC(C)=O)cc4)cc3)cc2OC)cc1. The normalized spacial score (nSPS) is 11.1. The van der Waals surface area contributed by atoms with Gasteiger partial charge in [-0.1, -0.05) is 87.4 Å². The third-order valence-electron chi connectivity index (χ3n) is 9.16. The zero-order valence-electron chi connectivity index (χ0n) is 33.0. The fourth-order valence-corrected chi connectivity index (χ4v) is 5.81. The third-order valence-corrected chi connectivity index (χ3v) is 9.16. The minimum absolute atomic E-state index is 0.181. The Kier molecular flexibility index (Phi) is 16.6. The number of carbonyl (C=O) groups excluding carboxylic acids is 3. The lowest BCUT2D eigenvalue weighted by Gasteiger charge is -2.24. The Morgan fingerprint density at radius 3 is 1.58 bits per heavy atom. The summed E-state index contributed by atoms with van der Waals surface area (Å²) in [5.74, 6) is 0.129. The average molecular weight is 747 g/mol. The van der Waals surface area contributed by atoms with Gasteiger partial charge >= 0.3 is 11.9 Å². The highest BCUT2D eigenvalue weighted by molar-refractivity contribution is 5.99. The van der Waals surface area contributed by atoms with Gasteiger partial charge in [0.2, 0.25) is 0 Å². The van der Waals surface area contributed by atoms with Gasteiger partial charge < -0.3 is 28.7 Å². The van der Waals surface area contributed by atoms with Crippen molar-refractivity contribution < 1.29 is 33.3 Å². The Morgan fingerprint density at radius 1 is 0.618 bits per heavy atom. The number of methoxy groups -OCH3 is 2. The van der Waals surface area contributed by atoms with E-state index in [4.69, 9.17) is 18.9 Å². The summed E-state index contributed by atoms with van der Waals surface area (Å²) in [5, 5.41) is 0. The van der Waals surface area contributed by atoms with Crippen molar-refractivity contribution >= 4 is 53.4 Å². The summed E-state index contributed by atoms with van der Waals surface area (Å²) in [6.07, 6.45) is 13.0. The summed E-state index contributed by atoms with van der Waals surface area (Å²) in [6.45, 7) is 8.21. The van der Waals surface area contributed by atoms with Crippen LogP contribution in [0.15, 0.2) is 84.9 Å². The highest BCUT2D eigenvalue weighted by Gasteiger charge is 2.13. The van der Waals surface area contributed by atoms with Gasteiger partial charge in [-0.3, -0.25) is 9.59 Å². The molecule has 0 heterocycles. The van der Waals surface area contributed by atoms with E-state index in [0.29, 0.717) is 17.7 Å². The number of hydrogen-bond donors (Lipinski definition) is 0. The number of carbonyl (C=O) groups is 3. The number of esters is 2. The summed E-state index contributed by atoms with van der Waals surface area (Å²) in [4.78, 5) is 40.1. The van der Waals surface area contributed by atoms with Crippen molar-refractivity contribution in [3.05, 3.63) is 118 Å². The molecule has 4 aromatic rings. The molecule has 0 saturated heterocycles. The van der Waals surface area contributed by atoms with Crippen molar-refractivity contribution in [2.24, 2.45) is 0 Å². The number of ketones is 1. The Bertz CT molecular complexity index is 1890. The van der Waals surface area contributed by atoms with Crippen LogP contribution in [0.3, 0.4) is 0 Å². The number of likely N-dealkylation sites (N-methyl/N-ethyl adjacent to an activating group) is 1. The lowest BCUT2D eigenvalue weighted by molar-refractivity contribution is -0.139. The Morgan fingerprint density at radius 2 is 1.11 bits per heavy atom. The second kappa shape index (κ2) is 21.8. The number of anilines is 2. The van der Waals surface area contributed by atoms with Gasteiger partial charge in [-0.05, 0) is 72.5 Å². The van der Waals surface area contributed by atoms with Crippen LogP contribution in [0.4, 0.5) is 11.4 Å². The van der Waals surface area contributed by atoms with E-state index in [0.717, 1.165) is 52.5 Å². The summed E-state index contributed by atoms with van der Waals surface area (Å²) in [6, 6.07) is 26.9. The lowest BCUT2D eigenvalue weighted by Crippen LogP contribution is -2.25. The maximum atomic E-state index is 12.5. The molecule has 0 N–H and O–H groups in total. The van der Waals surface area contributed by atoms with Gasteiger partial charge in [-0.25, -0.2) is 4.79 Å². The van der Waals surface area contributed by atoms with Crippen LogP contribution in [0.25, 0.3) is 24.3 Å². The van der Waals surface area contributed by atoms with Crippen molar-refractivity contribution in [2.75, 3.05) is 63.9 Å². The number of nitrogens with zero attached hydrogens (tertiary/aromatic N) is 2. The standard InChI is InChI=1S/C46H54N2O7/c1-7-9-27-48(28-10-8-2)42-25-15-36(16-26-42)12-18-40-32-44(52-5)39(31-45(40)53-6)17-11-35-13-23-41(24-14-35)47(4)29-30-54-46(51)38-21-19-37(20-22-38)43(50)33-55-34(3)49/h11-26,31-32H,7-10,27-30,33H2,1-6H3. The highest BCUT2D eigenvalue weighted by atomic mass is 16.5. The van der Waals surface area contributed by atoms with Crippen LogP contribution in [0, 0.1) is 0 Å². The predicted molar refractivity (Wildman–Crippen MR) is 223 cm³/mol. The van der Waals surface area contributed by atoms with Gasteiger partial charge in [0.25, 0.3) is 0 Å². The van der Waals surface area contributed by atoms with E-state index in [1.54, 1.807) is 14.2 Å². The molecule has 0 aromatic heterocycles. The second-order valence-electron chi connectivity index (χ2n) is 13.2. The van der Waals surface area contributed by atoms with E-state index in [-0.39, 0.29) is 19.0 Å². The van der Waals surface area contributed by atoms with Crippen LogP contribution >= 0.6 is 0 Å². The van der Waals surface area contributed by atoms with Crippen molar-refractivity contribution in [3.8, 4) is 11.5 Å². The lowest BCUT2D eigenvalue weighted by atomic mass is 10.0. The van der Waals surface area contributed by atoms with Crippen LogP contribution in [0.5, 0.6) is 11.5 Å². The maximum Gasteiger partial charge on any atom is 0.338 e. The van der Waals surface area contributed by atoms with Crippen molar-refractivity contribution in [2.45, 2.75) is 46.5 Å². The molecule has 0 unspecified atom stereocenters. The average Bonchev–Trinajstić information content (AvgIpc) is 3.21. The van der Waals surface area contributed by atoms with Crippen molar-refractivity contribution in [1.82, 2.24) is 0 Å². The van der Waals surface area contributed by atoms with Gasteiger partial charge in [0, 0.05) is 55.1 Å². The molecule has 55 heavy (non-hydrogen) atoms. The summed E-state index contributed by atoms with van der Waals surface area (Å²) >= 11 is 0. The molecule has 0 amide bonds. The minimum atomic E-state index is -0.528. The molecule has 0 radical (unpaired) electrons. The first-order chi connectivity index (χ1) is 26.6. The zero-order chi connectivity index (χ0) is 39.6. The first kappa shape index (κ1) is 41.9. The Balaban J connectivity index is 1.33. The first-order valence-corrected chi connectivity index (χ1v) is 18.9. The smallest absolute Gasteiger partial charge is 0.338 e. The van der Waals surface area contributed by atoms with Gasteiger partial charge in [0.15, 0.2) is 12.4 Å². The van der Waals surface area contributed by atoms with Gasteiger partial charge in [-0.15, -0.1) is 0 Å². The number of hydrogen-bond acceptors (Lipinski definition) is 9. The predicted octanol–water partition coefficient (Wildman–Crippen LogP) is 9.49. The van der Waals surface area contributed by atoms with Crippen molar-refractivity contribution in [1.29, 1.82) is 0 Å². The Hall–Kier alpha value is -5.83. The molecule has 0 aliphatic carbocycles. The molecule has 0 atom stereocenters. The van der Waals surface area contributed by atoms with Crippen molar-refractivity contribution in [3.63, 3.8) is 0 Å². The molecule has 0 saturated carbocycles. The number of rotatable bonds is 21. The molecule has 0 aliphatic heterocycles. The molecular weight excluding hydrogens is 693 g/mol. The third kappa shape index (κ3) is 12.9. The molecule has 9 heteroatoms. The van der Waals surface area contributed by atoms with Gasteiger partial charge in [0.1, 0.15) is 18.1 Å². The zero-order valence-corrected chi connectivity index (χ0v) is 33.0. The molecular formula is C46H54N2O7. The van der Waals surface area contributed by atoms with E-state index in [1.807, 2.05) is 60.5 Å². The largest absolute Gasteiger partial charge is 0.496 e. The van der Waals surface area contributed by atoms with Gasteiger partial charge in [-0.2, -0.15) is 0 Å². The van der Waals surface area contributed by atoms with Crippen LogP contribution < -0.4 is 19.3 Å². The highest BCUT2D eigenvalue weighted by Crippen LogP contribution is 2.32. The van der Waals surface area contributed by atoms with E-state index in [9.17, 15) is 14.4 Å². The summed E-state index contributed by atoms with van der Waals surface area (Å²) in [5.41, 5.74) is 6.86. The maximum absolute atomic E-state index is 12.5. The number of unbranched alkanes of at least 4 members (excludes halogenated alkanes) is 2. The summed E-state index contributed by atoms with van der Waals surface area (Å²) in [7, 11) is 5.28. The molecule has 0 spiro atoms. The van der Waals surface area contributed by atoms with E-state index in [1.165, 1.54) is 62.6 Å². The molecule has 0 bridgehead atoms. The number of ether oxygens (including phenoxy) is 4. The van der Waals surface area contributed by atoms with Crippen LogP contribution in [-0.2, 0) is 14.3 Å². The molecule has 0 fully saturated rings. The first-order valence-electron chi connectivity index (χ1n) is 18.9. The van der Waals surface area contributed by atoms with Gasteiger partial charge in [0.05, 0.1) is 26.3 Å². The van der Waals surface area contributed by atoms with E-state index >= 15 is 0 Å². The quantitative estimate of drug-likeness (QED) is 0.0470. The molecule has 4 aromatic carbocycles. The fourth-order valence-electron chi connectivity index (χ4n) is 5.81. The van der Waals surface area contributed by atoms with E-state index < -0.39 is 11.9 Å². The number of benzene rings is 4. The van der Waals surface area contributed by atoms with Crippen LogP contribution in [0.1, 0.15) is 89.4 Å².